The van der Waals surface area contributed by atoms with Crippen molar-refractivity contribution < 1.29 is 9.84 Å². The fraction of sp³-hybridized carbons (Fsp3) is 1.00. The van der Waals surface area contributed by atoms with E-state index in [9.17, 15) is 5.11 Å². The number of aliphatic hydroxyl groups is 1. The summed E-state index contributed by atoms with van der Waals surface area (Å²) in [5.74, 6) is 0. The average Bonchev–Trinajstić information content (AvgIpc) is 2.13. The van der Waals surface area contributed by atoms with Crippen molar-refractivity contribution in [3.63, 3.8) is 0 Å². The van der Waals surface area contributed by atoms with E-state index in [-0.39, 0.29) is 0 Å². The van der Waals surface area contributed by atoms with Crippen molar-refractivity contribution in [1.29, 1.82) is 0 Å². The molecule has 0 aromatic heterocycles. The van der Waals surface area contributed by atoms with Gasteiger partial charge in [-0.2, -0.15) is 0 Å². The minimum absolute atomic E-state index is 0.400. The number of likely N-dealkylation sites (N-methyl/N-ethyl adjacent to an activating group) is 1. The van der Waals surface area contributed by atoms with E-state index in [4.69, 9.17) is 10.5 Å². The predicted octanol–water partition coefficient (Wildman–Crippen LogP) is 0.0545. The second-order valence-electron chi connectivity index (χ2n) is 3.63. The quantitative estimate of drug-likeness (QED) is 0.521. The maximum absolute atomic E-state index is 9.54. The van der Waals surface area contributed by atoms with Crippen LogP contribution >= 0.6 is 0 Å². The van der Waals surface area contributed by atoms with Gasteiger partial charge in [-0.05, 0) is 13.5 Å². The van der Waals surface area contributed by atoms with Crippen molar-refractivity contribution in [2.75, 3.05) is 39.9 Å². The van der Waals surface area contributed by atoms with Crippen molar-refractivity contribution in [2.24, 2.45) is 5.73 Å². The number of ether oxygens (including phenoxy) is 1. The van der Waals surface area contributed by atoms with E-state index < -0.39 is 6.10 Å². The van der Waals surface area contributed by atoms with Crippen molar-refractivity contribution in [3.05, 3.63) is 0 Å². The van der Waals surface area contributed by atoms with Crippen LogP contribution in [0.15, 0.2) is 0 Å². The van der Waals surface area contributed by atoms with Gasteiger partial charge in [0.1, 0.15) is 0 Å². The number of nitrogens with two attached hydrogens (primary N) is 1. The summed E-state index contributed by atoms with van der Waals surface area (Å²) in [6, 6.07) is 0. The van der Waals surface area contributed by atoms with Gasteiger partial charge in [-0.25, -0.2) is 0 Å². The minimum Gasteiger partial charge on any atom is -0.389 e. The maximum Gasteiger partial charge on any atom is 0.0900 e. The Hall–Kier alpha value is -0.160. The van der Waals surface area contributed by atoms with E-state index in [1.807, 2.05) is 11.9 Å². The summed E-state index contributed by atoms with van der Waals surface area (Å²) in [5.41, 5.74) is 5.39. The number of nitrogens with zero attached hydrogens (tertiary/aromatic N) is 1. The van der Waals surface area contributed by atoms with E-state index in [1.165, 1.54) is 0 Å². The molecule has 1 atom stereocenters. The second kappa shape index (κ2) is 9.40. The molecule has 0 aliphatic carbocycles. The Bertz CT molecular complexity index is 123. The van der Waals surface area contributed by atoms with E-state index in [0.29, 0.717) is 19.7 Å². The second-order valence-corrected chi connectivity index (χ2v) is 3.63. The molecular formula is C10H24N2O2. The molecule has 3 N–H and O–H groups in total. The normalized spacial score (nSPS) is 13.5. The summed E-state index contributed by atoms with van der Waals surface area (Å²) in [4.78, 5) is 2.01. The van der Waals surface area contributed by atoms with Crippen LogP contribution in [0.4, 0.5) is 0 Å². The molecule has 0 aromatic rings. The third-order valence-electron chi connectivity index (χ3n) is 1.99. The van der Waals surface area contributed by atoms with Crippen molar-refractivity contribution in [1.82, 2.24) is 4.90 Å². The number of hydrogen-bond acceptors (Lipinski definition) is 4. The summed E-state index contributed by atoms with van der Waals surface area (Å²) < 4.78 is 5.31. The smallest absolute Gasteiger partial charge is 0.0900 e. The zero-order chi connectivity index (χ0) is 10.8. The molecule has 0 saturated heterocycles. The monoisotopic (exact) mass is 204 g/mol. The van der Waals surface area contributed by atoms with Gasteiger partial charge in [0.2, 0.25) is 0 Å². The SMILES string of the molecule is CCCCOCC(O)CN(C)CCN. The molecular weight excluding hydrogens is 180 g/mol. The molecule has 4 heteroatoms. The number of rotatable bonds is 9. The van der Waals surface area contributed by atoms with Crippen LogP contribution in [0.2, 0.25) is 0 Å². The first-order chi connectivity index (χ1) is 6.70. The van der Waals surface area contributed by atoms with Crippen LogP contribution in [0, 0.1) is 0 Å². The fourth-order valence-corrected chi connectivity index (χ4v) is 1.19. The van der Waals surface area contributed by atoms with Crippen LogP contribution in [0.5, 0.6) is 0 Å². The number of unbranched alkanes of at least 4 members (excludes halogenated alkanes) is 1. The van der Waals surface area contributed by atoms with Crippen LogP contribution in [0.3, 0.4) is 0 Å². The number of hydrogen-bond donors (Lipinski definition) is 2. The molecule has 0 fully saturated rings. The van der Waals surface area contributed by atoms with Crippen molar-refractivity contribution >= 4 is 0 Å². The molecule has 0 saturated carbocycles. The zero-order valence-electron chi connectivity index (χ0n) is 9.41. The van der Waals surface area contributed by atoms with Gasteiger partial charge in [-0.15, -0.1) is 0 Å². The Kier molecular flexibility index (Phi) is 9.29. The fourth-order valence-electron chi connectivity index (χ4n) is 1.19. The topological polar surface area (TPSA) is 58.7 Å². The molecule has 0 amide bonds. The first-order valence-electron chi connectivity index (χ1n) is 5.35. The minimum atomic E-state index is -0.400. The van der Waals surface area contributed by atoms with Gasteiger partial charge in [0, 0.05) is 26.2 Å². The Morgan fingerprint density at radius 2 is 2.21 bits per heavy atom. The highest BCUT2D eigenvalue weighted by atomic mass is 16.5. The summed E-state index contributed by atoms with van der Waals surface area (Å²) in [5, 5.41) is 9.54. The highest BCUT2D eigenvalue weighted by molar-refractivity contribution is 4.60. The summed E-state index contributed by atoms with van der Waals surface area (Å²) in [7, 11) is 1.95. The predicted molar refractivity (Wildman–Crippen MR) is 58.3 cm³/mol. The van der Waals surface area contributed by atoms with Crippen molar-refractivity contribution in [3.8, 4) is 0 Å². The standard InChI is InChI=1S/C10H24N2O2/c1-3-4-7-14-9-10(13)8-12(2)6-5-11/h10,13H,3-9,11H2,1-2H3. The van der Waals surface area contributed by atoms with Gasteiger partial charge in [0.05, 0.1) is 12.7 Å². The Morgan fingerprint density at radius 1 is 1.50 bits per heavy atom. The average molecular weight is 204 g/mol. The summed E-state index contributed by atoms with van der Waals surface area (Å²) in [6.45, 7) is 5.35. The highest BCUT2D eigenvalue weighted by Crippen LogP contribution is 1.93. The molecule has 1 unspecified atom stereocenters. The van der Waals surface area contributed by atoms with E-state index >= 15 is 0 Å². The molecule has 4 nitrogen and oxygen atoms in total. The molecule has 0 aromatic carbocycles. The Morgan fingerprint density at radius 3 is 2.79 bits per heavy atom. The molecule has 0 aliphatic rings. The molecule has 14 heavy (non-hydrogen) atoms. The maximum atomic E-state index is 9.54. The molecule has 0 radical (unpaired) electrons. The lowest BCUT2D eigenvalue weighted by molar-refractivity contribution is 0.0203. The number of aliphatic hydroxyl groups excluding tert-OH is 1. The lowest BCUT2D eigenvalue weighted by Gasteiger charge is -2.19. The molecule has 0 bridgehead atoms. The van der Waals surface area contributed by atoms with Crippen molar-refractivity contribution in [2.45, 2.75) is 25.9 Å². The molecule has 0 spiro atoms. The largest absolute Gasteiger partial charge is 0.389 e. The third-order valence-corrected chi connectivity index (χ3v) is 1.99. The molecule has 0 heterocycles. The van der Waals surface area contributed by atoms with Gasteiger partial charge in [0.25, 0.3) is 0 Å². The van der Waals surface area contributed by atoms with Gasteiger partial charge >= 0.3 is 0 Å². The summed E-state index contributed by atoms with van der Waals surface area (Å²) in [6.07, 6.45) is 1.79. The van der Waals surface area contributed by atoms with Crippen LogP contribution in [-0.4, -0.2) is 56.0 Å². The first-order valence-corrected chi connectivity index (χ1v) is 5.35. The highest BCUT2D eigenvalue weighted by Gasteiger charge is 2.07. The van der Waals surface area contributed by atoms with Gasteiger partial charge in [0.15, 0.2) is 0 Å². The van der Waals surface area contributed by atoms with Crippen LogP contribution in [-0.2, 0) is 4.74 Å². The molecule has 0 aliphatic heterocycles. The van der Waals surface area contributed by atoms with Crippen LogP contribution < -0.4 is 5.73 Å². The summed E-state index contributed by atoms with van der Waals surface area (Å²) >= 11 is 0. The van der Waals surface area contributed by atoms with Crippen LogP contribution in [0.1, 0.15) is 19.8 Å². The lowest BCUT2D eigenvalue weighted by atomic mass is 10.3. The van der Waals surface area contributed by atoms with Gasteiger partial charge in [-0.1, -0.05) is 13.3 Å². The Labute approximate surface area is 87.0 Å². The Balaban J connectivity index is 3.30. The van der Waals surface area contributed by atoms with Gasteiger partial charge < -0.3 is 20.5 Å². The van der Waals surface area contributed by atoms with E-state index in [1.54, 1.807) is 0 Å². The van der Waals surface area contributed by atoms with Gasteiger partial charge in [-0.3, -0.25) is 0 Å². The molecule has 86 valence electrons. The zero-order valence-corrected chi connectivity index (χ0v) is 9.41. The van der Waals surface area contributed by atoms with E-state index in [0.717, 1.165) is 26.0 Å². The van der Waals surface area contributed by atoms with E-state index in [2.05, 4.69) is 6.92 Å². The van der Waals surface area contributed by atoms with Crippen LogP contribution in [0.25, 0.3) is 0 Å². The third kappa shape index (κ3) is 8.44. The molecule has 0 rings (SSSR count). The first kappa shape index (κ1) is 13.8. The lowest BCUT2D eigenvalue weighted by Crippen LogP contribution is -2.35.